The van der Waals surface area contributed by atoms with Crippen LogP contribution in [0.3, 0.4) is 0 Å². The Bertz CT molecular complexity index is 955. The molecule has 5 atom stereocenters. The van der Waals surface area contributed by atoms with Crippen LogP contribution in [-0.4, -0.2) is 51.4 Å². The monoisotopic (exact) mass is 404 g/mol. The second-order valence-corrected chi connectivity index (χ2v) is 8.12. The van der Waals surface area contributed by atoms with E-state index in [0.29, 0.717) is 11.3 Å². The molecule has 0 amide bonds. The van der Waals surface area contributed by atoms with Gasteiger partial charge < -0.3 is 25.2 Å². The molecular formula is C21H21FO5S. The SMILES string of the molecule is OC[C@H]1O[C@@H](c2cc3cccc(Cc4ccc(F)cc4)c3s2)[C@H](O)[C@@H](O)[C@@H]1O. The number of halogens is 1. The summed E-state index contributed by atoms with van der Waals surface area (Å²) in [6.07, 6.45) is -5.23. The fourth-order valence-electron chi connectivity index (χ4n) is 3.58. The van der Waals surface area contributed by atoms with E-state index in [2.05, 4.69) is 0 Å². The van der Waals surface area contributed by atoms with Crippen molar-refractivity contribution in [2.45, 2.75) is 36.9 Å². The molecule has 4 N–H and O–H groups in total. The van der Waals surface area contributed by atoms with Crippen LogP contribution in [-0.2, 0) is 11.2 Å². The van der Waals surface area contributed by atoms with Gasteiger partial charge in [0.1, 0.15) is 36.3 Å². The number of benzene rings is 2. The Hall–Kier alpha value is -1.87. The maximum Gasteiger partial charge on any atom is 0.123 e. The van der Waals surface area contributed by atoms with Crippen LogP contribution in [0.2, 0.25) is 0 Å². The lowest BCUT2D eigenvalue weighted by Crippen LogP contribution is -2.55. The first kappa shape index (κ1) is 19.4. The standard InChI is InChI=1S/C21H21FO5S/c22-14-6-4-11(5-7-14)8-12-2-1-3-13-9-16(28-21(12)13)20-19(26)18(25)17(24)15(10-23)27-20/h1-7,9,15,17-20,23-26H,8,10H2/t15-,17-,18+,19-,20+/m1/s1. The lowest BCUT2D eigenvalue weighted by atomic mass is 9.94. The van der Waals surface area contributed by atoms with Crippen molar-refractivity contribution in [3.05, 3.63) is 70.4 Å². The molecule has 1 aliphatic heterocycles. The fraction of sp³-hybridized carbons (Fsp3) is 0.333. The fourth-order valence-corrected chi connectivity index (χ4v) is 4.83. The van der Waals surface area contributed by atoms with Crippen LogP contribution in [0.25, 0.3) is 10.1 Å². The predicted octanol–water partition coefficient (Wildman–Crippen LogP) is 2.15. The number of aliphatic hydroxyl groups excluding tert-OH is 4. The van der Waals surface area contributed by atoms with Crippen molar-refractivity contribution in [3.8, 4) is 0 Å². The lowest BCUT2D eigenvalue weighted by molar-refractivity contribution is -0.230. The van der Waals surface area contributed by atoms with Gasteiger partial charge in [-0.2, -0.15) is 0 Å². The van der Waals surface area contributed by atoms with E-state index in [9.17, 15) is 24.8 Å². The molecule has 148 valence electrons. The molecule has 7 heteroatoms. The Morgan fingerprint density at radius 1 is 0.964 bits per heavy atom. The van der Waals surface area contributed by atoms with Crippen LogP contribution >= 0.6 is 11.3 Å². The van der Waals surface area contributed by atoms with Gasteiger partial charge in [0, 0.05) is 9.58 Å². The number of aliphatic hydroxyl groups is 4. The highest BCUT2D eigenvalue weighted by Crippen LogP contribution is 2.39. The van der Waals surface area contributed by atoms with Crippen molar-refractivity contribution < 1.29 is 29.6 Å². The number of ether oxygens (including phenoxy) is 1. The van der Waals surface area contributed by atoms with Gasteiger partial charge >= 0.3 is 0 Å². The highest BCUT2D eigenvalue weighted by Gasteiger charge is 2.44. The molecule has 0 aliphatic carbocycles. The Morgan fingerprint density at radius 2 is 1.71 bits per heavy atom. The van der Waals surface area contributed by atoms with Crippen LogP contribution in [0.1, 0.15) is 22.1 Å². The minimum Gasteiger partial charge on any atom is -0.394 e. The topological polar surface area (TPSA) is 90.2 Å². The van der Waals surface area contributed by atoms with E-state index in [1.54, 1.807) is 12.1 Å². The molecule has 0 spiro atoms. The number of rotatable bonds is 4. The van der Waals surface area contributed by atoms with Gasteiger partial charge in [0.25, 0.3) is 0 Å². The molecule has 2 aromatic carbocycles. The van der Waals surface area contributed by atoms with E-state index in [4.69, 9.17) is 4.74 Å². The summed E-state index contributed by atoms with van der Waals surface area (Å²) in [6, 6.07) is 14.1. The molecule has 2 heterocycles. The van der Waals surface area contributed by atoms with Gasteiger partial charge in [0.15, 0.2) is 0 Å². The second kappa shape index (κ2) is 7.87. The summed E-state index contributed by atoms with van der Waals surface area (Å²) in [7, 11) is 0. The number of thiophene rings is 1. The first-order valence-corrected chi connectivity index (χ1v) is 9.86. The smallest absolute Gasteiger partial charge is 0.123 e. The number of fused-ring (bicyclic) bond motifs is 1. The van der Waals surface area contributed by atoms with Gasteiger partial charge in [0.2, 0.25) is 0 Å². The molecule has 0 saturated carbocycles. The van der Waals surface area contributed by atoms with Gasteiger partial charge in [-0.15, -0.1) is 11.3 Å². The van der Waals surface area contributed by atoms with Crippen LogP contribution in [0, 0.1) is 5.82 Å². The quantitative estimate of drug-likeness (QED) is 0.535. The van der Waals surface area contributed by atoms with Gasteiger partial charge in [-0.3, -0.25) is 0 Å². The largest absolute Gasteiger partial charge is 0.394 e. The van der Waals surface area contributed by atoms with Crippen molar-refractivity contribution in [2.75, 3.05) is 6.61 Å². The average Bonchev–Trinajstić information content (AvgIpc) is 3.13. The molecule has 3 aromatic rings. The zero-order valence-electron chi connectivity index (χ0n) is 14.9. The van der Waals surface area contributed by atoms with E-state index >= 15 is 0 Å². The summed E-state index contributed by atoms with van der Waals surface area (Å²) in [5.41, 5.74) is 2.04. The summed E-state index contributed by atoms with van der Waals surface area (Å²) in [4.78, 5) is 0.707. The van der Waals surface area contributed by atoms with Gasteiger partial charge in [-0.05, 0) is 41.1 Å². The lowest BCUT2D eigenvalue weighted by Gasteiger charge is -2.39. The third kappa shape index (κ3) is 3.57. The van der Waals surface area contributed by atoms with Crippen LogP contribution in [0.4, 0.5) is 4.39 Å². The zero-order valence-corrected chi connectivity index (χ0v) is 15.7. The number of hydrogen-bond acceptors (Lipinski definition) is 6. The molecule has 1 fully saturated rings. The second-order valence-electron chi connectivity index (χ2n) is 7.04. The molecule has 1 saturated heterocycles. The molecular weight excluding hydrogens is 383 g/mol. The third-order valence-corrected chi connectivity index (χ3v) is 6.41. The normalized spacial score (nSPS) is 28.0. The number of hydrogen-bond donors (Lipinski definition) is 4. The van der Waals surface area contributed by atoms with Gasteiger partial charge in [-0.25, -0.2) is 4.39 Å². The zero-order chi connectivity index (χ0) is 19.8. The third-order valence-electron chi connectivity index (χ3n) is 5.13. The highest BCUT2D eigenvalue weighted by molar-refractivity contribution is 7.19. The summed E-state index contributed by atoms with van der Waals surface area (Å²) < 4.78 is 19.8. The first-order valence-electron chi connectivity index (χ1n) is 9.04. The molecule has 4 rings (SSSR count). The molecule has 1 aromatic heterocycles. The van der Waals surface area contributed by atoms with Crippen molar-refractivity contribution in [1.82, 2.24) is 0 Å². The first-order chi connectivity index (χ1) is 13.5. The van der Waals surface area contributed by atoms with E-state index in [1.807, 2.05) is 24.3 Å². The Morgan fingerprint density at radius 3 is 2.43 bits per heavy atom. The van der Waals surface area contributed by atoms with Crippen molar-refractivity contribution >= 4 is 21.4 Å². The maximum absolute atomic E-state index is 13.2. The molecule has 0 radical (unpaired) electrons. The minimum absolute atomic E-state index is 0.275. The minimum atomic E-state index is -1.40. The van der Waals surface area contributed by atoms with Crippen LogP contribution in [0.5, 0.6) is 0 Å². The van der Waals surface area contributed by atoms with Crippen molar-refractivity contribution in [1.29, 1.82) is 0 Å². The average molecular weight is 404 g/mol. The van der Waals surface area contributed by atoms with Crippen molar-refractivity contribution in [3.63, 3.8) is 0 Å². The Labute approximate surface area is 165 Å². The summed E-state index contributed by atoms with van der Waals surface area (Å²) >= 11 is 1.44. The van der Waals surface area contributed by atoms with Crippen LogP contribution < -0.4 is 0 Å². The maximum atomic E-state index is 13.2. The van der Waals surface area contributed by atoms with E-state index in [0.717, 1.165) is 21.2 Å². The summed E-state index contributed by atoms with van der Waals surface area (Å²) in [5.74, 6) is -0.275. The van der Waals surface area contributed by atoms with E-state index < -0.39 is 37.1 Å². The molecule has 28 heavy (non-hydrogen) atoms. The van der Waals surface area contributed by atoms with E-state index in [1.165, 1.54) is 23.5 Å². The predicted molar refractivity (Wildman–Crippen MR) is 104 cm³/mol. The molecule has 5 nitrogen and oxygen atoms in total. The van der Waals surface area contributed by atoms with E-state index in [-0.39, 0.29) is 5.82 Å². The molecule has 1 aliphatic rings. The van der Waals surface area contributed by atoms with Gasteiger partial charge in [0.05, 0.1) is 6.61 Å². The Kier molecular flexibility index (Phi) is 5.46. The molecule has 0 unspecified atom stereocenters. The summed E-state index contributed by atoms with van der Waals surface area (Å²) in [6.45, 7) is -0.456. The summed E-state index contributed by atoms with van der Waals surface area (Å²) in [5, 5.41) is 40.8. The van der Waals surface area contributed by atoms with Crippen LogP contribution in [0.15, 0.2) is 48.5 Å². The Balaban J connectivity index is 1.67. The van der Waals surface area contributed by atoms with Gasteiger partial charge in [-0.1, -0.05) is 30.3 Å². The molecule has 0 bridgehead atoms. The highest BCUT2D eigenvalue weighted by atomic mass is 32.1. The van der Waals surface area contributed by atoms with Crippen molar-refractivity contribution in [2.24, 2.45) is 0 Å².